The fraction of sp³-hybridized carbons (Fsp3) is 1.00. The summed E-state index contributed by atoms with van der Waals surface area (Å²) in [6.45, 7) is 14.4. The molecule has 4 heteroatoms. The quantitative estimate of drug-likeness (QED) is 0.336. The molecular weight excluding hydrogens is 295 g/mol. The molecular formula is C18H38O3P+. The first-order valence-electron chi connectivity index (χ1n) is 9.04. The molecule has 0 aliphatic rings. The van der Waals surface area contributed by atoms with Gasteiger partial charge in [-0.2, -0.15) is 0 Å². The van der Waals surface area contributed by atoms with Crippen molar-refractivity contribution in [3.8, 4) is 0 Å². The highest BCUT2D eigenvalue weighted by Crippen LogP contribution is 2.27. The molecule has 0 bridgehead atoms. The van der Waals surface area contributed by atoms with Crippen molar-refractivity contribution in [2.24, 2.45) is 23.7 Å². The van der Waals surface area contributed by atoms with Gasteiger partial charge in [0.25, 0.3) is 0 Å². The van der Waals surface area contributed by atoms with E-state index in [1.807, 2.05) is 0 Å². The van der Waals surface area contributed by atoms with E-state index in [9.17, 15) is 4.57 Å². The van der Waals surface area contributed by atoms with Gasteiger partial charge in [0.15, 0.2) is 0 Å². The van der Waals surface area contributed by atoms with Gasteiger partial charge in [-0.25, -0.2) is 0 Å². The van der Waals surface area contributed by atoms with Crippen molar-refractivity contribution in [1.29, 1.82) is 0 Å². The van der Waals surface area contributed by atoms with Crippen LogP contribution in [0.25, 0.3) is 0 Å². The average molecular weight is 333 g/mol. The van der Waals surface area contributed by atoms with Crippen LogP contribution in [0.1, 0.15) is 80.1 Å². The summed E-state index contributed by atoms with van der Waals surface area (Å²) in [5, 5.41) is 0. The van der Waals surface area contributed by atoms with Crippen LogP contribution in [0.15, 0.2) is 0 Å². The van der Waals surface area contributed by atoms with Gasteiger partial charge in [0.1, 0.15) is 13.2 Å². The van der Waals surface area contributed by atoms with Gasteiger partial charge in [0, 0.05) is 4.57 Å². The first-order valence-corrected chi connectivity index (χ1v) is 10.1. The van der Waals surface area contributed by atoms with Crippen molar-refractivity contribution in [1.82, 2.24) is 0 Å². The van der Waals surface area contributed by atoms with Gasteiger partial charge in [0.05, 0.1) is 0 Å². The normalized spacial score (nSPS) is 15.4. The first-order chi connectivity index (χ1) is 10.3. The molecule has 0 N–H and O–H groups in total. The molecule has 0 fully saturated rings. The van der Waals surface area contributed by atoms with Gasteiger partial charge >= 0.3 is 8.25 Å². The number of rotatable bonds is 14. The Morgan fingerprint density at radius 3 is 1.36 bits per heavy atom. The maximum Gasteiger partial charge on any atom is 0.697 e. The predicted molar refractivity (Wildman–Crippen MR) is 95.2 cm³/mol. The maximum absolute atomic E-state index is 11.7. The summed E-state index contributed by atoms with van der Waals surface area (Å²) >= 11 is 0. The molecule has 0 aliphatic carbocycles. The largest absolute Gasteiger partial charge is 0.697 e. The van der Waals surface area contributed by atoms with Gasteiger partial charge in [-0.05, 0) is 36.5 Å². The Balaban J connectivity index is 3.59. The van der Waals surface area contributed by atoms with E-state index in [1.165, 1.54) is 25.7 Å². The monoisotopic (exact) mass is 333 g/mol. The van der Waals surface area contributed by atoms with Crippen LogP contribution in [0.5, 0.6) is 0 Å². The Morgan fingerprint density at radius 1 is 0.682 bits per heavy atom. The van der Waals surface area contributed by atoms with E-state index in [-0.39, 0.29) is 0 Å². The summed E-state index contributed by atoms with van der Waals surface area (Å²) in [5.74, 6) is 2.41. The Kier molecular flexibility index (Phi) is 13.5. The Morgan fingerprint density at radius 2 is 1.05 bits per heavy atom. The molecule has 3 atom stereocenters. The van der Waals surface area contributed by atoms with Crippen molar-refractivity contribution in [3.63, 3.8) is 0 Å². The highest BCUT2D eigenvalue weighted by atomic mass is 31.1. The Labute approximate surface area is 139 Å². The van der Waals surface area contributed by atoms with Gasteiger partial charge in [-0.3, -0.25) is 0 Å². The highest BCUT2D eigenvalue weighted by Gasteiger charge is 2.23. The minimum Gasteiger partial charge on any atom is -0.119 e. The summed E-state index contributed by atoms with van der Waals surface area (Å²) < 4.78 is 22.4. The third-order valence-electron chi connectivity index (χ3n) is 3.89. The molecule has 132 valence electrons. The van der Waals surface area contributed by atoms with Crippen LogP contribution in [-0.2, 0) is 13.6 Å². The molecule has 22 heavy (non-hydrogen) atoms. The summed E-state index contributed by atoms with van der Waals surface area (Å²) in [7, 11) is -1.95. The zero-order chi connectivity index (χ0) is 17.0. The lowest BCUT2D eigenvalue weighted by atomic mass is 10.0. The average Bonchev–Trinajstić information content (AvgIpc) is 2.42. The van der Waals surface area contributed by atoms with Gasteiger partial charge in [0.2, 0.25) is 0 Å². The molecule has 0 amide bonds. The van der Waals surface area contributed by atoms with Gasteiger partial charge < -0.3 is 0 Å². The minimum absolute atomic E-state index is 0.449. The van der Waals surface area contributed by atoms with Crippen LogP contribution in [0.3, 0.4) is 0 Å². The molecule has 0 saturated carbocycles. The highest BCUT2D eigenvalue weighted by molar-refractivity contribution is 7.33. The summed E-state index contributed by atoms with van der Waals surface area (Å²) in [4.78, 5) is 0. The number of hydrogen-bond donors (Lipinski definition) is 0. The second-order valence-corrected chi connectivity index (χ2v) is 8.64. The molecule has 0 aromatic heterocycles. The topological polar surface area (TPSA) is 35.5 Å². The van der Waals surface area contributed by atoms with Crippen molar-refractivity contribution in [2.45, 2.75) is 80.1 Å². The summed E-state index contributed by atoms with van der Waals surface area (Å²) in [6.07, 6.45) is 7.20. The van der Waals surface area contributed by atoms with E-state index >= 15 is 0 Å². The Hall–Kier alpha value is 0.0200. The molecule has 0 aromatic carbocycles. The van der Waals surface area contributed by atoms with Crippen molar-refractivity contribution >= 4 is 8.25 Å². The van der Waals surface area contributed by atoms with E-state index < -0.39 is 8.25 Å². The van der Waals surface area contributed by atoms with Crippen molar-refractivity contribution in [2.75, 3.05) is 13.2 Å². The first kappa shape index (κ1) is 22.0. The lowest BCUT2D eigenvalue weighted by molar-refractivity contribution is 0.177. The van der Waals surface area contributed by atoms with Crippen LogP contribution in [-0.4, -0.2) is 13.2 Å². The zero-order valence-corrected chi connectivity index (χ0v) is 16.5. The third-order valence-corrected chi connectivity index (χ3v) is 4.61. The van der Waals surface area contributed by atoms with Gasteiger partial charge in [-0.1, -0.05) is 67.2 Å². The molecule has 1 unspecified atom stereocenters. The fourth-order valence-electron chi connectivity index (χ4n) is 2.33. The van der Waals surface area contributed by atoms with E-state index in [2.05, 4.69) is 41.5 Å². The molecule has 0 spiro atoms. The smallest absolute Gasteiger partial charge is 0.119 e. The van der Waals surface area contributed by atoms with Crippen LogP contribution >= 0.6 is 8.25 Å². The number of hydrogen-bond acceptors (Lipinski definition) is 3. The van der Waals surface area contributed by atoms with Crippen LogP contribution < -0.4 is 0 Å². The van der Waals surface area contributed by atoms with Crippen molar-refractivity contribution in [3.05, 3.63) is 0 Å². The molecule has 0 radical (unpaired) electrons. The van der Waals surface area contributed by atoms with Crippen molar-refractivity contribution < 1.29 is 13.6 Å². The maximum atomic E-state index is 11.7. The van der Waals surface area contributed by atoms with E-state index in [4.69, 9.17) is 9.05 Å². The van der Waals surface area contributed by atoms with Crippen LogP contribution in [0, 0.1) is 23.7 Å². The Bertz CT molecular complexity index is 254. The zero-order valence-electron chi connectivity index (χ0n) is 15.6. The fourth-order valence-corrected chi connectivity index (χ4v) is 3.16. The predicted octanol–water partition coefficient (Wildman–Crippen LogP) is 6.60. The summed E-state index contributed by atoms with van der Waals surface area (Å²) in [6, 6.07) is 0. The SMILES string of the molecule is CC(C)CCC[C@@H](C)CO[P+](=O)OC[C@@H](C)CCCC(C)C. The van der Waals surface area contributed by atoms with Crippen LogP contribution in [0.2, 0.25) is 0 Å². The molecule has 0 rings (SSSR count). The molecule has 0 aliphatic heterocycles. The molecule has 0 heterocycles. The minimum atomic E-state index is -1.95. The lowest BCUT2D eigenvalue weighted by Crippen LogP contribution is -2.06. The van der Waals surface area contributed by atoms with Gasteiger partial charge in [-0.15, -0.1) is 9.05 Å². The second kappa shape index (κ2) is 13.5. The lowest BCUT2D eigenvalue weighted by Gasteiger charge is -2.09. The summed E-state index contributed by atoms with van der Waals surface area (Å²) in [5.41, 5.74) is 0. The standard InChI is InChI=1S/C18H38O3P/c1-15(2)9-7-11-17(5)13-20-22(19)21-14-18(6)12-8-10-16(3)4/h15-18H,7-14H2,1-6H3/q+1/t17-,18+. The molecule has 0 aromatic rings. The van der Waals surface area contributed by atoms with E-state index in [0.717, 1.165) is 24.7 Å². The van der Waals surface area contributed by atoms with E-state index in [0.29, 0.717) is 25.0 Å². The molecule has 0 saturated heterocycles. The third kappa shape index (κ3) is 14.9. The van der Waals surface area contributed by atoms with Crippen LogP contribution in [0.4, 0.5) is 0 Å². The van der Waals surface area contributed by atoms with E-state index in [1.54, 1.807) is 0 Å². The second-order valence-electron chi connectivity index (χ2n) is 7.67. The molecule has 3 nitrogen and oxygen atoms in total.